The zero-order valence-electron chi connectivity index (χ0n) is 14.4. The number of fused-ring (bicyclic) bond motifs is 1. The van der Waals surface area contributed by atoms with Gasteiger partial charge in [-0.05, 0) is 43.4 Å². The Morgan fingerprint density at radius 2 is 1.91 bits per heavy atom. The van der Waals surface area contributed by atoms with Crippen LogP contribution in [0.25, 0.3) is 5.65 Å². The summed E-state index contributed by atoms with van der Waals surface area (Å²) in [6.45, 7) is 8.82. The number of imidazole rings is 1. The van der Waals surface area contributed by atoms with Crippen LogP contribution in [0.1, 0.15) is 75.9 Å². The second-order valence-corrected chi connectivity index (χ2v) is 7.95. The molecule has 0 aromatic carbocycles. The Bertz CT molecular complexity index is 657. The summed E-state index contributed by atoms with van der Waals surface area (Å²) >= 11 is 0. The fourth-order valence-electron chi connectivity index (χ4n) is 3.75. The normalized spacial score (nSPS) is 18.8. The van der Waals surface area contributed by atoms with Crippen LogP contribution in [0.5, 0.6) is 0 Å². The number of hydrogen-bond acceptors (Lipinski definition) is 2. The van der Waals surface area contributed by atoms with Crippen LogP contribution in [-0.2, 0) is 5.41 Å². The summed E-state index contributed by atoms with van der Waals surface area (Å²) in [5.74, 6) is 0.594. The fraction of sp³-hybridized carbons (Fsp3) is 0.632. The van der Waals surface area contributed by atoms with Gasteiger partial charge < -0.3 is 10.1 Å². The standard InChI is InChI=1S/C19H29N3/c1-13-10-11-22-15(12-13)21-18(19(2,3)4)17(22)16(20)14-8-6-5-7-9-14/h10-12,14,16H,5-9,20H2,1-4H3. The van der Waals surface area contributed by atoms with E-state index in [1.807, 2.05) is 0 Å². The van der Waals surface area contributed by atoms with Gasteiger partial charge in [0.1, 0.15) is 5.65 Å². The molecular formula is C19H29N3. The highest BCUT2D eigenvalue weighted by atomic mass is 15.0. The smallest absolute Gasteiger partial charge is 0.137 e. The van der Waals surface area contributed by atoms with E-state index in [9.17, 15) is 0 Å². The molecule has 2 N–H and O–H groups in total. The van der Waals surface area contributed by atoms with Gasteiger partial charge in [0.25, 0.3) is 0 Å². The SMILES string of the molecule is Cc1ccn2c(C(N)C3CCCCC3)c(C(C)(C)C)nc2c1. The summed E-state index contributed by atoms with van der Waals surface area (Å²) in [4.78, 5) is 4.94. The molecular weight excluding hydrogens is 270 g/mol. The van der Waals surface area contributed by atoms with E-state index in [1.165, 1.54) is 43.4 Å². The molecule has 2 aromatic rings. The number of nitrogens with two attached hydrogens (primary N) is 1. The Morgan fingerprint density at radius 3 is 2.55 bits per heavy atom. The lowest BCUT2D eigenvalue weighted by Crippen LogP contribution is -2.28. The fourth-order valence-corrected chi connectivity index (χ4v) is 3.75. The Labute approximate surface area is 133 Å². The minimum atomic E-state index is 0.0154. The van der Waals surface area contributed by atoms with Gasteiger partial charge >= 0.3 is 0 Å². The van der Waals surface area contributed by atoms with Gasteiger partial charge in [-0.1, -0.05) is 40.0 Å². The Morgan fingerprint density at radius 1 is 1.23 bits per heavy atom. The Balaban J connectivity index is 2.12. The van der Waals surface area contributed by atoms with Gasteiger partial charge in [0, 0.05) is 11.6 Å². The second-order valence-electron chi connectivity index (χ2n) is 7.95. The third-order valence-electron chi connectivity index (χ3n) is 5.00. The first kappa shape index (κ1) is 15.5. The molecule has 2 aromatic heterocycles. The van der Waals surface area contributed by atoms with Crippen molar-refractivity contribution in [2.24, 2.45) is 11.7 Å². The van der Waals surface area contributed by atoms with Gasteiger partial charge in [0.05, 0.1) is 17.4 Å². The van der Waals surface area contributed by atoms with Crippen molar-refractivity contribution in [3.8, 4) is 0 Å². The first-order valence-electron chi connectivity index (χ1n) is 8.62. The van der Waals surface area contributed by atoms with Crippen LogP contribution < -0.4 is 5.73 Å². The van der Waals surface area contributed by atoms with E-state index in [0.29, 0.717) is 5.92 Å². The molecule has 1 saturated carbocycles. The highest BCUT2D eigenvalue weighted by Gasteiger charge is 2.31. The lowest BCUT2D eigenvalue weighted by Gasteiger charge is -2.29. The molecule has 0 spiro atoms. The molecule has 120 valence electrons. The predicted molar refractivity (Wildman–Crippen MR) is 92.1 cm³/mol. The van der Waals surface area contributed by atoms with E-state index in [2.05, 4.69) is 50.4 Å². The van der Waals surface area contributed by atoms with Gasteiger partial charge in [-0.25, -0.2) is 4.98 Å². The third kappa shape index (κ3) is 2.79. The summed E-state index contributed by atoms with van der Waals surface area (Å²) in [6, 6.07) is 4.40. The molecule has 3 heteroatoms. The van der Waals surface area contributed by atoms with Crippen molar-refractivity contribution in [1.29, 1.82) is 0 Å². The first-order chi connectivity index (χ1) is 10.4. The topological polar surface area (TPSA) is 43.3 Å². The third-order valence-corrected chi connectivity index (χ3v) is 5.00. The first-order valence-corrected chi connectivity index (χ1v) is 8.62. The average Bonchev–Trinajstić information content (AvgIpc) is 2.86. The minimum absolute atomic E-state index is 0.0154. The van der Waals surface area contributed by atoms with Crippen LogP contribution >= 0.6 is 0 Å². The number of nitrogens with zero attached hydrogens (tertiary/aromatic N) is 2. The van der Waals surface area contributed by atoms with Crippen LogP contribution in [-0.4, -0.2) is 9.38 Å². The second kappa shape index (κ2) is 5.69. The number of hydrogen-bond donors (Lipinski definition) is 1. The highest BCUT2D eigenvalue weighted by Crippen LogP contribution is 2.37. The molecule has 0 saturated heterocycles. The zero-order chi connectivity index (χ0) is 15.9. The molecule has 3 nitrogen and oxygen atoms in total. The van der Waals surface area contributed by atoms with Crippen LogP contribution in [0.15, 0.2) is 18.3 Å². The van der Waals surface area contributed by atoms with E-state index >= 15 is 0 Å². The van der Waals surface area contributed by atoms with Crippen molar-refractivity contribution in [2.75, 3.05) is 0 Å². The summed E-state index contributed by atoms with van der Waals surface area (Å²) < 4.78 is 2.23. The predicted octanol–water partition coefficient (Wildman–Crippen LogP) is 4.52. The maximum atomic E-state index is 6.75. The Kier molecular flexibility index (Phi) is 4.02. The molecule has 3 rings (SSSR count). The molecule has 0 radical (unpaired) electrons. The number of pyridine rings is 1. The lowest BCUT2D eigenvalue weighted by atomic mass is 9.80. The zero-order valence-corrected chi connectivity index (χ0v) is 14.4. The van der Waals surface area contributed by atoms with Gasteiger partial charge in [0.15, 0.2) is 0 Å². The lowest BCUT2D eigenvalue weighted by molar-refractivity contribution is 0.301. The maximum absolute atomic E-state index is 6.75. The molecule has 0 bridgehead atoms. The van der Waals surface area contributed by atoms with Crippen molar-refractivity contribution in [1.82, 2.24) is 9.38 Å². The number of aryl methyl sites for hydroxylation is 1. The molecule has 1 fully saturated rings. The summed E-state index contributed by atoms with van der Waals surface area (Å²) in [6.07, 6.45) is 8.65. The minimum Gasteiger partial charge on any atom is -0.322 e. The van der Waals surface area contributed by atoms with Crippen molar-refractivity contribution in [3.63, 3.8) is 0 Å². The molecule has 0 aliphatic heterocycles. The van der Waals surface area contributed by atoms with E-state index in [1.54, 1.807) is 0 Å². The average molecular weight is 299 g/mol. The summed E-state index contributed by atoms with van der Waals surface area (Å²) in [7, 11) is 0. The van der Waals surface area contributed by atoms with Crippen LogP contribution in [0.4, 0.5) is 0 Å². The van der Waals surface area contributed by atoms with E-state index in [-0.39, 0.29) is 11.5 Å². The van der Waals surface area contributed by atoms with E-state index < -0.39 is 0 Å². The maximum Gasteiger partial charge on any atom is 0.137 e. The highest BCUT2D eigenvalue weighted by molar-refractivity contribution is 5.48. The molecule has 22 heavy (non-hydrogen) atoms. The quantitative estimate of drug-likeness (QED) is 0.886. The molecule has 1 atom stereocenters. The van der Waals surface area contributed by atoms with Crippen molar-refractivity contribution in [2.45, 2.75) is 71.3 Å². The molecule has 1 aliphatic rings. The van der Waals surface area contributed by atoms with Gasteiger partial charge in [-0.3, -0.25) is 0 Å². The molecule has 1 unspecified atom stereocenters. The number of rotatable bonds is 2. The van der Waals surface area contributed by atoms with Gasteiger partial charge in [-0.15, -0.1) is 0 Å². The summed E-state index contributed by atoms with van der Waals surface area (Å²) in [5.41, 5.74) is 11.4. The summed E-state index contributed by atoms with van der Waals surface area (Å²) in [5, 5.41) is 0. The molecule has 1 aliphatic carbocycles. The van der Waals surface area contributed by atoms with E-state index in [0.717, 1.165) is 11.3 Å². The van der Waals surface area contributed by atoms with Crippen molar-refractivity contribution < 1.29 is 0 Å². The largest absolute Gasteiger partial charge is 0.322 e. The van der Waals surface area contributed by atoms with Gasteiger partial charge in [-0.2, -0.15) is 0 Å². The number of aromatic nitrogens is 2. The van der Waals surface area contributed by atoms with Crippen LogP contribution in [0, 0.1) is 12.8 Å². The van der Waals surface area contributed by atoms with Crippen LogP contribution in [0.2, 0.25) is 0 Å². The molecule has 2 heterocycles. The molecule has 0 amide bonds. The van der Waals surface area contributed by atoms with Crippen molar-refractivity contribution >= 4 is 5.65 Å². The Hall–Kier alpha value is -1.35. The van der Waals surface area contributed by atoms with E-state index in [4.69, 9.17) is 10.7 Å². The van der Waals surface area contributed by atoms with Crippen LogP contribution in [0.3, 0.4) is 0 Å². The monoisotopic (exact) mass is 299 g/mol. The van der Waals surface area contributed by atoms with Gasteiger partial charge in [0.2, 0.25) is 0 Å². The van der Waals surface area contributed by atoms with Crippen molar-refractivity contribution in [3.05, 3.63) is 35.3 Å².